The molecule has 21 heavy (non-hydrogen) atoms. The number of anilines is 2. The minimum Gasteiger partial charge on any atom is -0.394 e. The van der Waals surface area contributed by atoms with Crippen LogP contribution in [0.3, 0.4) is 0 Å². The lowest BCUT2D eigenvalue weighted by Gasteiger charge is -2.37. The molecule has 1 aliphatic heterocycles. The molecule has 1 fully saturated rings. The molecule has 0 aliphatic carbocycles. The first-order valence-corrected chi connectivity index (χ1v) is 7.63. The first-order valence-electron chi connectivity index (χ1n) is 6.86. The number of morpholine rings is 1. The van der Waals surface area contributed by atoms with Crippen LogP contribution in [0.5, 0.6) is 0 Å². The average molecular weight is 306 g/mol. The lowest BCUT2D eigenvalue weighted by molar-refractivity contribution is -0.0419. The number of pyridine rings is 1. The summed E-state index contributed by atoms with van der Waals surface area (Å²) >= 11 is 1.38. The van der Waals surface area contributed by atoms with E-state index in [-0.39, 0.29) is 18.8 Å². The Labute approximate surface area is 127 Å². The molecular formula is C14H18N4O2S. The van der Waals surface area contributed by atoms with Crippen molar-refractivity contribution in [2.24, 2.45) is 0 Å². The van der Waals surface area contributed by atoms with Gasteiger partial charge in [-0.1, -0.05) is 6.07 Å². The standard InChI is InChI=1S/C14H18N4O2S/c1-9-6-18(7-11(8-19)20-9)14-12(13(15)17-21-14)10-3-2-4-16-5-10/h2-5,9,11,19H,6-8H2,1H3,(H2,15,17). The molecule has 2 aromatic heterocycles. The van der Waals surface area contributed by atoms with E-state index in [4.69, 9.17) is 10.5 Å². The van der Waals surface area contributed by atoms with Gasteiger partial charge in [0, 0.05) is 31.0 Å². The molecule has 0 aromatic carbocycles. The molecule has 1 aliphatic rings. The summed E-state index contributed by atoms with van der Waals surface area (Å²) in [7, 11) is 0. The lowest BCUT2D eigenvalue weighted by Crippen LogP contribution is -2.48. The molecule has 3 rings (SSSR count). The van der Waals surface area contributed by atoms with Crippen LogP contribution in [0.2, 0.25) is 0 Å². The summed E-state index contributed by atoms with van der Waals surface area (Å²) in [6, 6.07) is 3.86. The van der Waals surface area contributed by atoms with Crippen LogP contribution in [-0.2, 0) is 4.74 Å². The number of rotatable bonds is 3. The van der Waals surface area contributed by atoms with Crippen molar-refractivity contribution in [3.05, 3.63) is 24.5 Å². The quantitative estimate of drug-likeness (QED) is 0.891. The van der Waals surface area contributed by atoms with E-state index in [1.807, 2.05) is 19.1 Å². The summed E-state index contributed by atoms with van der Waals surface area (Å²) in [5, 5.41) is 10.4. The van der Waals surface area contributed by atoms with Crippen LogP contribution in [0.25, 0.3) is 11.1 Å². The van der Waals surface area contributed by atoms with Crippen LogP contribution >= 0.6 is 11.5 Å². The highest BCUT2D eigenvalue weighted by Gasteiger charge is 2.28. The van der Waals surface area contributed by atoms with Crippen molar-refractivity contribution in [3.63, 3.8) is 0 Å². The second-order valence-electron chi connectivity index (χ2n) is 5.15. The molecule has 0 saturated carbocycles. The van der Waals surface area contributed by atoms with E-state index in [1.54, 1.807) is 12.4 Å². The van der Waals surface area contributed by atoms with Crippen LogP contribution in [0.15, 0.2) is 24.5 Å². The molecule has 0 spiro atoms. The van der Waals surface area contributed by atoms with Crippen molar-refractivity contribution in [2.45, 2.75) is 19.1 Å². The van der Waals surface area contributed by atoms with Gasteiger partial charge in [0.2, 0.25) is 0 Å². The largest absolute Gasteiger partial charge is 0.394 e. The van der Waals surface area contributed by atoms with Crippen LogP contribution in [-0.4, -0.2) is 46.4 Å². The summed E-state index contributed by atoms with van der Waals surface area (Å²) in [6.45, 7) is 3.40. The summed E-state index contributed by atoms with van der Waals surface area (Å²) in [6.07, 6.45) is 3.40. The molecule has 0 amide bonds. The Morgan fingerprint density at radius 2 is 2.38 bits per heavy atom. The predicted octanol–water partition coefficient (Wildman–Crippen LogP) is 1.37. The number of nitrogens with two attached hydrogens (primary N) is 1. The Bertz CT molecular complexity index is 604. The Balaban J connectivity index is 1.96. The van der Waals surface area contributed by atoms with Gasteiger partial charge < -0.3 is 20.5 Å². The molecular weight excluding hydrogens is 288 g/mol. The molecule has 2 aromatic rings. The summed E-state index contributed by atoms with van der Waals surface area (Å²) in [5.41, 5.74) is 7.92. The van der Waals surface area contributed by atoms with E-state index in [0.29, 0.717) is 12.4 Å². The smallest absolute Gasteiger partial charge is 0.147 e. The molecule has 2 unspecified atom stereocenters. The van der Waals surface area contributed by atoms with Gasteiger partial charge >= 0.3 is 0 Å². The Morgan fingerprint density at radius 3 is 3.10 bits per heavy atom. The van der Waals surface area contributed by atoms with E-state index in [1.165, 1.54) is 11.5 Å². The van der Waals surface area contributed by atoms with Gasteiger partial charge in [-0.3, -0.25) is 4.98 Å². The van der Waals surface area contributed by atoms with E-state index in [2.05, 4.69) is 14.3 Å². The first kappa shape index (κ1) is 14.2. The van der Waals surface area contributed by atoms with Crippen molar-refractivity contribution in [2.75, 3.05) is 30.3 Å². The van der Waals surface area contributed by atoms with E-state index in [0.717, 1.165) is 22.7 Å². The molecule has 3 heterocycles. The van der Waals surface area contributed by atoms with Crippen molar-refractivity contribution in [1.82, 2.24) is 9.36 Å². The topological polar surface area (TPSA) is 84.5 Å². The van der Waals surface area contributed by atoms with Gasteiger partial charge in [0.1, 0.15) is 10.8 Å². The zero-order valence-corrected chi connectivity index (χ0v) is 12.6. The third kappa shape index (κ3) is 2.85. The van der Waals surface area contributed by atoms with Crippen molar-refractivity contribution in [1.29, 1.82) is 0 Å². The van der Waals surface area contributed by atoms with Gasteiger partial charge in [0.15, 0.2) is 0 Å². The normalized spacial score (nSPS) is 22.5. The predicted molar refractivity (Wildman–Crippen MR) is 83.4 cm³/mol. The summed E-state index contributed by atoms with van der Waals surface area (Å²) in [4.78, 5) is 6.34. The van der Waals surface area contributed by atoms with Crippen molar-refractivity contribution < 1.29 is 9.84 Å². The second-order valence-corrected chi connectivity index (χ2v) is 5.90. The molecule has 7 heteroatoms. The Kier molecular flexibility index (Phi) is 4.05. The fraction of sp³-hybridized carbons (Fsp3) is 0.429. The molecule has 1 saturated heterocycles. The number of hydrogen-bond donors (Lipinski definition) is 2. The SMILES string of the molecule is CC1CN(c2snc(N)c2-c2cccnc2)CC(CO)O1. The molecule has 3 N–H and O–H groups in total. The van der Waals surface area contributed by atoms with Crippen LogP contribution in [0, 0.1) is 0 Å². The highest BCUT2D eigenvalue weighted by molar-refractivity contribution is 7.11. The fourth-order valence-electron chi connectivity index (χ4n) is 2.60. The first-order chi connectivity index (χ1) is 10.2. The zero-order chi connectivity index (χ0) is 14.8. The monoisotopic (exact) mass is 306 g/mol. The molecule has 2 atom stereocenters. The maximum Gasteiger partial charge on any atom is 0.147 e. The maximum absolute atomic E-state index is 9.37. The number of aliphatic hydroxyl groups is 1. The summed E-state index contributed by atoms with van der Waals surface area (Å²) in [5.74, 6) is 0.516. The number of nitrogens with zero attached hydrogens (tertiary/aromatic N) is 3. The zero-order valence-electron chi connectivity index (χ0n) is 11.8. The number of nitrogen functional groups attached to an aromatic ring is 1. The van der Waals surface area contributed by atoms with Crippen molar-refractivity contribution >= 4 is 22.4 Å². The number of aromatic nitrogens is 2. The van der Waals surface area contributed by atoms with E-state index in [9.17, 15) is 5.11 Å². The fourth-order valence-corrected chi connectivity index (χ4v) is 3.46. The number of aliphatic hydroxyl groups excluding tert-OH is 1. The second kappa shape index (κ2) is 5.97. The van der Waals surface area contributed by atoms with Crippen LogP contribution in [0.1, 0.15) is 6.92 Å². The minimum absolute atomic E-state index is 0.0113. The van der Waals surface area contributed by atoms with Gasteiger partial charge in [-0.15, -0.1) is 0 Å². The van der Waals surface area contributed by atoms with Crippen LogP contribution in [0.4, 0.5) is 10.8 Å². The Hall–Kier alpha value is -1.70. The maximum atomic E-state index is 9.37. The third-order valence-electron chi connectivity index (χ3n) is 3.47. The summed E-state index contributed by atoms with van der Waals surface area (Å²) < 4.78 is 9.98. The van der Waals surface area contributed by atoms with Gasteiger partial charge in [-0.2, -0.15) is 4.37 Å². The molecule has 112 valence electrons. The Morgan fingerprint density at radius 1 is 1.52 bits per heavy atom. The van der Waals surface area contributed by atoms with E-state index < -0.39 is 0 Å². The van der Waals surface area contributed by atoms with Gasteiger partial charge in [-0.05, 0) is 24.5 Å². The van der Waals surface area contributed by atoms with Gasteiger partial charge in [0.25, 0.3) is 0 Å². The lowest BCUT2D eigenvalue weighted by atomic mass is 10.1. The average Bonchev–Trinajstić information content (AvgIpc) is 2.89. The van der Waals surface area contributed by atoms with Gasteiger partial charge in [-0.25, -0.2) is 0 Å². The van der Waals surface area contributed by atoms with Crippen molar-refractivity contribution in [3.8, 4) is 11.1 Å². The highest BCUT2D eigenvalue weighted by Crippen LogP contribution is 2.39. The molecule has 0 radical (unpaired) electrons. The van der Waals surface area contributed by atoms with Gasteiger partial charge in [0.05, 0.1) is 24.4 Å². The number of hydrogen-bond acceptors (Lipinski definition) is 7. The third-order valence-corrected chi connectivity index (χ3v) is 4.39. The molecule has 0 bridgehead atoms. The highest BCUT2D eigenvalue weighted by atomic mass is 32.1. The minimum atomic E-state index is -0.182. The molecule has 6 nitrogen and oxygen atoms in total. The van der Waals surface area contributed by atoms with Crippen LogP contribution < -0.4 is 10.6 Å². The van der Waals surface area contributed by atoms with E-state index >= 15 is 0 Å². The number of ether oxygens (including phenoxy) is 1.